The van der Waals surface area contributed by atoms with Crippen molar-refractivity contribution in [1.82, 2.24) is 10.6 Å². The van der Waals surface area contributed by atoms with Gasteiger partial charge in [0.05, 0.1) is 27.2 Å². The summed E-state index contributed by atoms with van der Waals surface area (Å²) in [5.41, 5.74) is 0.342. The number of nitrogens with one attached hydrogen (secondary N) is 2. The molecule has 1 rings (SSSR count). The second-order valence-electron chi connectivity index (χ2n) is 4.42. The van der Waals surface area contributed by atoms with Gasteiger partial charge in [0, 0.05) is 18.7 Å². The number of hydrogen-bond donors (Lipinski definition) is 2. The van der Waals surface area contributed by atoms with Crippen molar-refractivity contribution in [2.75, 3.05) is 46.9 Å². The summed E-state index contributed by atoms with van der Waals surface area (Å²) in [5, 5.41) is 5.15. The Morgan fingerprint density at radius 2 is 1.58 bits per heavy atom. The maximum Gasteiger partial charge on any atom is 0.407 e. The molecule has 0 atom stereocenters. The van der Waals surface area contributed by atoms with E-state index in [1.807, 2.05) is 0 Å². The van der Waals surface area contributed by atoms with Crippen molar-refractivity contribution in [3.05, 3.63) is 17.7 Å². The normalized spacial score (nSPS) is 9.83. The average Bonchev–Trinajstić information content (AvgIpc) is 2.61. The summed E-state index contributed by atoms with van der Waals surface area (Å²) in [7, 11) is 4.42. The number of methoxy groups -OCH3 is 3. The number of alkyl carbamates (subject to hydrolysis) is 1. The molecule has 0 aliphatic rings. The predicted octanol–water partition coefficient (Wildman–Crippen LogP) is 1.41. The van der Waals surface area contributed by atoms with Crippen LogP contribution < -0.4 is 24.8 Å². The molecule has 0 bridgehead atoms. The van der Waals surface area contributed by atoms with Crippen LogP contribution in [0.25, 0.3) is 0 Å². The maximum absolute atomic E-state index is 12.2. The van der Waals surface area contributed by atoms with Gasteiger partial charge in [-0.2, -0.15) is 0 Å². The summed E-state index contributed by atoms with van der Waals surface area (Å²) in [4.78, 5) is 23.4. The molecule has 1 aromatic rings. The Morgan fingerprint density at radius 3 is 2.08 bits per heavy atom. The van der Waals surface area contributed by atoms with E-state index in [-0.39, 0.29) is 31.5 Å². The van der Waals surface area contributed by atoms with Gasteiger partial charge in [0.15, 0.2) is 11.5 Å². The lowest BCUT2D eigenvalue weighted by atomic mass is 10.1. The van der Waals surface area contributed by atoms with Crippen LogP contribution in [0.5, 0.6) is 17.2 Å². The molecule has 0 unspecified atom stereocenters. The largest absolute Gasteiger partial charge is 0.493 e. The van der Waals surface area contributed by atoms with Crippen molar-refractivity contribution in [2.45, 2.75) is 0 Å². The minimum atomic E-state index is -0.585. The summed E-state index contributed by atoms with van der Waals surface area (Å²) >= 11 is 5.40. The van der Waals surface area contributed by atoms with Gasteiger partial charge in [-0.1, -0.05) is 0 Å². The van der Waals surface area contributed by atoms with E-state index in [2.05, 4.69) is 10.6 Å². The highest BCUT2D eigenvalue weighted by atomic mass is 35.5. The molecule has 0 heterocycles. The zero-order chi connectivity index (χ0) is 17.9. The van der Waals surface area contributed by atoms with E-state index in [4.69, 9.17) is 30.5 Å². The highest BCUT2D eigenvalue weighted by Gasteiger charge is 2.16. The van der Waals surface area contributed by atoms with Crippen molar-refractivity contribution >= 4 is 23.6 Å². The number of carbonyl (C=O) groups is 2. The molecule has 2 N–H and O–H groups in total. The SMILES string of the molecule is COc1cc(C(=O)NCCNC(=O)OCCCl)cc(OC)c1OC. The van der Waals surface area contributed by atoms with Gasteiger partial charge in [0.1, 0.15) is 6.61 Å². The minimum absolute atomic E-state index is 0.130. The molecule has 8 nitrogen and oxygen atoms in total. The van der Waals surface area contributed by atoms with Crippen LogP contribution in [0.4, 0.5) is 4.79 Å². The van der Waals surface area contributed by atoms with E-state index in [1.165, 1.54) is 21.3 Å². The summed E-state index contributed by atoms with van der Waals surface area (Å²) in [6.07, 6.45) is -0.585. The second-order valence-corrected chi connectivity index (χ2v) is 4.80. The fourth-order valence-corrected chi connectivity index (χ4v) is 1.91. The number of hydrogen-bond acceptors (Lipinski definition) is 6. The molecule has 24 heavy (non-hydrogen) atoms. The number of rotatable bonds is 9. The summed E-state index contributed by atoms with van der Waals surface area (Å²) < 4.78 is 20.3. The second kappa shape index (κ2) is 10.4. The lowest BCUT2D eigenvalue weighted by Crippen LogP contribution is -2.35. The first-order valence-corrected chi connectivity index (χ1v) is 7.65. The van der Waals surface area contributed by atoms with Crippen molar-refractivity contribution < 1.29 is 28.5 Å². The third-order valence-electron chi connectivity index (χ3n) is 2.92. The Hall–Kier alpha value is -2.35. The van der Waals surface area contributed by atoms with Crippen molar-refractivity contribution in [3.63, 3.8) is 0 Å². The molecule has 134 valence electrons. The van der Waals surface area contributed by atoms with Crippen LogP contribution in [0.2, 0.25) is 0 Å². The lowest BCUT2D eigenvalue weighted by molar-refractivity contribution is 0.0951. The topological polar surface area (TPSA) is 95.1 Å². The third-order valence-corrected chi connectivity index (χ3v) is 3.07. The summed E-state index contributed by atoms with van der Waals surface area (Å²) in [5.74, 6) is 1.05. The lowest BCUT2D eigenvalue weighted by Gasteiger charge is -2.14. The molecule has 0 aliphatic carbocycles. The first-order chi connectivity index (χ1) is 11.6. The number of carbonyl (C=O) groups excluding carboxylic acids is 2. The standard InChI is InChI=1S/C15H21ClN2O6/c1-21-11-8-10(9-12(22-2)13(11)23-3)14(19)17-5-6-18-15(20)24-7-4-16/h8-9H,4-7H2,1-3H3,(H,17,19)(H,18,20). The van der Waals surface area contributed by atoms with Crippen LogP contribution in [-0.4, -0.2) is 58.9 Å². The molecule has 1 aromatic carbocycles. The van der Waals surface area contributed by atoms with Gasteiger partial charge in [-0.3, -0.25) is 4.79 Å². The Labute approximate surface area is 145 Å². The van der Waals surface area contributed by atoms with E-state index in [1.54, 1.807) is 12.1 Å². The van der Waals surface area contributed by atoms with Crippen LogP contribution in [0.1, 0.15) is 10.4 Å². The molecule has 2 amide bonds. The zero-order valence-electron chi connectivity index (χ0n) is 13.8. The number of amides is 2. The smallest absolute Gasteiger partial charge is 0.407 e. The summed E-state index contributed by atoms with van der Waals surface area (Å²) in [6, 6.07) is 3.08. The number of alkyl halides is 1. The molecule has 0 saturated carbocycles. The quantitative estimate of drug-likeness (QED) is 0.510. The molecule has 0 aliphatic heterocycles. The molecular weight excluding hydrogens is 340 g/mol. The fraction of sp³-hybridized carbons (Fsp3) is 0.467. The van der Waals surface area contributed by atoms with Crippen LogP contribution in [-0.2, 0) is 4.74 Å². The van der Waals surface area contributed by atoms with Gasteiger partial charge in [-0.25, -0.2) is 4.79 Å². The Morgan fingerprint density at radius 1 is 1.00 bits per heavy atom. The highest BCUT2D eigenvalue weighted by molar-refractivity contribution is 6.18. The number of halogens is 1. The minimum Gasteiger partial charge on any atom is -0.493 e. The third kappa shape index (κ3) is 5.69. The van der Waals surface area contributed by atoms with Crippen LogP contribution in [0.15, 0.2) is 12.1 Å². The molecule has 0 aromatic heterocycles. The highest BCUT2D eigenvalue weighted by Crippen LogP contribution is 2.38. The number of ether oxygens (including phenoxy) is 4. The van der Waals surface area contributed by atoms with Gasteiger partial charge in [-0.05, 0) is 12.1 Å². The van der Waals surface area contributed by atoms with Crippen molar-refractivity contribution in [2.24, 2.45) is 0 Å². The van der Waals surface area contributed by atoms with E-state index in [9.17, 15) is 9.59 Å². The molecule has 0 fully saturated rings. The molecular formula is C15H21ClN2O6. The fourth-order valence-electron chi connectivity index (χ4n) is 1.84. The van der Waals surface area contributed by atoms with Gasteiger partial charge >= 0.3 is 6.09 Å². The van der Waals surface area contributed by atoms with E-state index < -0.39 is 6.09 Å². The Balaban J connectivity index is 2.60. The van der Waals surface area contributed by atoms with Gasteiger partial charge in [0.2, 0.25) is 5.75 Å². The van der Waals surface area contributed by atoms with E-state index in [0.717, 1.165) is 0 Å². The van der Waals surface area contributed by atoms with Crippen molar-refractivity contribution in [1.29, 1.82) is 0 Å². The number of benzene rings is 1. The van der Waals surface area contributed by atoms with Crippen LogP contribution >= 0.6 is 11.6 Å². The van der Waals surface area contributed by atoms with Gasteiger partial charge < -0.3 is 29.6 Å². The predicted molar refractivity (Wildman–Crippen MR) is 88.5 cm³/mol. The Bertz CT molecular complexity index is 542. The van der Waals surface area contributed by atoms with Crippen molar-refractivity contribution in [3.8, 4) is 17.2 Å². The van der Waals surface area contributed by atoms with Gasteiger partial charge in [0.25, 0.3) is 5.91 Å². The molecule has 0 saturated heterocycles. The van der Waals surface area contributed by atoms with Gasteiger partial charge in [-0.15, -0.1) is 11.6 Å². The molecule has 0 radical (unpaired) electrons. The monoisotopic (exact) mass is 360 g/mol. The van der Waals surface area contributed by atoms with E-state index >= 15 is 0 Å². The summed E-state index contributed by atoms with van der Waals surface area (Å²) in [6.45, 7) is 0.577. The molecule has 9 heteroatoms. The Kier molecular flexibility index (Phi) is 8.56. The average molecular weight is 361 g/mol. The van der Waals surface area contributed by atoms with E-state index in [0.29, 0.717) is 22.8 Å². The first kappa shape index (κ1) is 19.7. The first-order valence-electron chi connectivity index (χ1n) is 7.12. The van der Waals surface area contributed by atoms with Crippen LogP contribution in [0.3, 0.4) is 0 Å². The van der Waals surface area contributed by atoms with Crippen LogP contribution in [0, 0.1) is 0 Å². The molecule has 0 spiro atoms. The maximum atomic E-state index is 12.2. The zero-order valence-corrected chi connectivity index (χ0v) is 14.6.